The molecule has 0 unspecified atom stereocenters. The molecular weight excluding hydrogens is 548 g/mol. The summed E-state index contributed by atoms with van der Waals surface area (Å²) in [5.41, 5.74) is 1.80. The van der Waals surface area contributed by atoms with Crippen LogP contribution in [0, 0.1) is 11.3 Å². The van der Waals surface area contributed by atoms with Crippen LogP contribution in [0.3, 0.4) is 0 Å². The van der Waals surface area contributed by atoms with Gasteiger partial charge in [0.05, 0.1) is 24.3 Å². The van der Waals surface area contributed by atoms with Gasteiger partial charge in [0, 0.05) is 6.42 Å². The van der Waals surface area contributed by atoms with Crippen molar-refractivity contribution in [2.75, 3.05) is 6.61 Å². The molecule has 222 valence electrons. The fraction of sp³-hybridized carbons (Fsp3) is 0.303. The summed E-state index contributed by atoms with van der Waals surface area (Å²) < 4.78 is 10.6. The standard InChI is InChI=1S/C33H34N4O6/c1-22(35-32(41)42-20-26-11-7-4-8-12-26)30(39)37-28(18-24-13-15-25(19-34)16-14-24)31(40)36-27(29(38)33(2)21-43-33)17-23-9-5-3-6-10-23/h3-16,22,27-28H,17-18,20-21H2,1-2H3,(H,35,41)(H,36,40)(H,37,39)/t22-,27-,28-,33-/m0/s1. The highest BCUT2D eigenvalue weighted by Gasteiger charge is 2.50. The van der Waals surface area contributed by atoms with Gasteiger partial charge in [0.25, 0.3) is 0 Å². The summed E-state index contributed by atoms with van der Waals surface area (Å²) in [6, 6.07) is 24.0. The maximum absolute atomic E-state index is 13.7. The minimum atomic E-state index is -1.09. The fourth-order valence-electron chi connectivity index (χ4n) is 4.41. The molecule has 0 saturated carbocycles. The van der Waals surface area contributed by atoms with Crippen LogP contribution in [-0.4, -0.2) is 54.0 Å². The average Bonchev–Trinajstić information content (AvgIpc) is 3.78. The third kappa shape index (κ3) is 8.99. The van der Waals surface area contributed by atoms with Crippen LogP contribution in [0.5, 0.6) is 0 Å². The number of carbonyl (C=O) groups is 4. The zero-order valence-corrected chi connectivity index (χ0v) is 24.0. The first-order valence-electron chi connectivity index (χ1n) is 14.0. The number of nitrogens with zero attached hydrogens (tertiary/aromatic N) is 1. The van der Waals surface area contributed by atoms with Crippen molar-refractivity contribution < 1.29 is 28.7 Å². The van der Waals surface area contributed by atoms with Crippen LogP contribution in [0.1, 0.15) is 36.1 Å². The molecule has 10 nitrogen and oxygen atoms in total. The van der Waals surface area contributed by atoms with Crippen molar-refractivity contribution in [3.8, 4) is 6.07 Å². The zero-order valence-electron chi connectivity index (χ0n) is 24.0. The van der Waals surface area contributed by atoms with E-state index in [-0.39, 0.29) is 31.8 Å². The van der Waals surface area contributed by atoms with Crippen LogP contribution in [0.2, 0.25) is 0 Å². The fourth-order valence-corrected chi connectivity index (χ4v) is 4.41. The minimum absolute atomic E-state index is 0.0319. The predicted octanol–water partition coefficient (Wildman–Crippen LogP) is 2.99. The van der Waals surface area contributed by atoms with Crippen LogP contribution in [0.25, 0.3) is 0 Å². The van der Waals surface area contributed by atoms with Crippen LogP contribution >= 0.6 is 0 Å². The highest BCUT2D eigenvalue weighted by molar-refractivity contribution is 5.98. The molecule has 1 saturated heterocycles. The lowest BCUT2D eigenvalue weighted by Gasteiger charge is -2.25. The van der Waals surface area contributed by atoms with E-state index in [0.717, 1.165) is 11.1 Å². The number of ketones is 1. The van der Waals surface area contributed by atoms with Crippen molar-refractivity contribution in [2.24, 2.45) is 0 Å². The number of Topliss-reactive ketones (excluding diaryl/α,β-unsaturated/α-hetero) is 1. The normalized spacial score (nSPS) is 17.3. The summed E-state index contributed by atoms with van der Waals surface area (Å²) in [4.78, 5) is 52.5. The van der Waals surface area contributed by atoms with E-state index in [2.05, 4.69) is 16.0 Å². The third-order valence-electron chi connectivity index (χ3n) is 7.11. The lowest BCUT2D eigenvalue weighted by molar-refractivity contribution is -0.133. The Balaban J connectivity index is 1.46. The quantitative estimate of drug-likeness (QED) is 0.262. The van der Waals surface area contributed by atoms with Gasteiger partial charge in [0.2, 0.25) is 11.8 Å². The molecule has 4 rings (SSSR count). The largest absolute Gasteiger partial charge is 0.445 e. The topological polar surface area (TPSA) is 150 Å². The second kappa shape index (κ2) is 14.2. The molecule has 0 bridgehead atoms. The van der Waals surface area contributed by atoms with Gasteiger partial charge in [-0.15, -0.1) is 0 Å². The summed E-state index contributed by atoms with van der Waals surface area (Å²) in [6.07, 6.45) is -0.465. The van der Waals surface area contributed by atoms with Crippen molar-refractivity contribution in [3.05, 3.63) is 107 Å². The number of nitrogens with one attached hydrogen (secondary N) is 3. The Bertz CT molecular complexity index is 1470. The second-order valence-corrected chi connectivity index (χ2v) is 10.6. The van der Waals surface area contributed by atoms with Crippen LogP contribution in [-0.2, 0) is 43.3 Å². The Morgan fingerprint density at radius 3 is 1.93 bits per heavy atom. The van der Waals surface area contributed by atoms with Gasteiger partial charge in [-0.3, -0.25) is 14.4 Å². The third-order valence-corrected chi connectivity index (χ3v) is 7.11. The molecule has 3 N–H and O–H groups in total. The zero-order chi connectivity index (χ0) is 30.8. The molecule has 3 aromatic rings. The van der Waals surface area contributed by atoms with Gasteiger partial charge in [-0.1, -0.05) is 72.8 Å². The molecule has 1 aliphatic rings. The van der Waals surface area contributed by atoms with Gasteiger partial charge in [0.15, 0.2) is 5.78 Å². The molecule has 43 heavy (non-hydrogen) atoms. The first kappa shape index (κ1) is 30.9. The summed E-state index contributed by atoms with van der Waals surface area (Å²) >= 11 is 0. The van der Waals surface area contributed by atoms with Gasteiger partial charge in [-0.05, 0) is 49.1 Å². The lowest BCUT2D eigenvalue weighted by Crippen LogP contribution is -2.57. The maximum Gasteiger partial charge on any atom is 0.408 e. The molecule has 1 fully saturated rings. The first-order chi connectivity index (χ1) is 20.7. The summed E-state index contributed by atoms with van der Waals surface area (Å²) in [6.45, 7) is 3.45. The smallest absolute Gasteiger partial charge is 0.408 e. The summed E-state index contributed by atoms with van der Waals surface area (Å²) in [5.74, 6) is -1.45. The molecule has 3 aromatic carbocycles. The van der Waals surface area contributed by atoms with Crippen molar-refractivity contribution in [1.29, 1.82) is 5.26 Å². The molecule has 0 radical (unpaired) electrons. The molecule has 10 heteroatoms. The SMILES string of the molecule is C[C@H](NC(=O)OCc1ccccc1)C(=O)N[C@@H](Cc1ccc(C#N)cc1)C(=O)N[C@@H](Cc1ccccc1)C(=O)[C@]1(C)CO1. The summed E-state index contributed by atoms with van der Waals surface area (Å²) in [5, 5.41) is 17.2. The molecule has 1 heterocycles. The molecule has 0 aromatic heterocycles. The van der Waals surface area contributed by atoms with Crippen molar-refractivity contribution in [1.82, 2.24) is 16.0 Å². The van der Waals surface area contributed by atoms with Gasteiger partial charge in [0.1, 0.15) is 24.3 Å². The van der Waals surface area contributed by atoms with E-state index >= 15 is 0 Å². The number of epoxide rings is 1. The van der Waals surface area contributed by atoms with E-state index in [1.807, 2.05) is 54.6 Å². The predicted molar refractivity (Wildman–Crippen MR) is 157 cm³/mol. The van der Waals surface area contributed by atoms with Crippen LogP contribution in [0.15, 0.2) is 84.9 Å². The average molecular weight is 583 g/mol. The molecule has 1 aliphatic heterocycles. The Morgan fingerprint density at radius 2 is 1.35 bits per heavy atom. The van der Waals surface area contributed by atoms with E-state index in [9.17, 15) is 19.2 Å². The number of rotatable bonds is 13. The number of amides is 3. The van der Waals surface area contributed by atoms with Gasteiger partial charge < -0.3 is 25.4 Å². The van der Waals surface area contributed by atoms with Gasteiger partial charge >= 0.3 is 6.09 Å². The first-order valence-corrected chi connectivity index (χ1v) is 14.0. The second-order valence-electron chi connectivity index (χ2n) is 10.6. The van der Waals surface area contributed by atoms with Crippen molar-refractivity contribution in [3.63, 3.8) is 0 Å². The van der Waals surface area contributed by atoms with E-state index in [1.165, 1.54) is 6.92 Å². The number of nitriles is 1. The Morgan fingerprint density at radius 1 is 0.814 bits per heavy atom. The maximum atomic E-state index is 13.7. The number of benzene rings is 3. The number of carbonyl (C=O) groups excluding carboxylic acids is 4. The molecule has 0 aliphatic carbocycles. The highest BCUT2D eigenvalue weighted by atomic mass is 16.6. The highest BCUT2D eigenvalue weighted by Crippen LogP contribution is 2.29. The molecular formula is C33H34N4O6. The molecule has 3 amide bonds. The number of ether oxygens (including phenoxy) is 2. The Hall–Kier alpha value is -5.01. The number of hydrogen-bond donors (Lipinski definition) is 3. The number of alkyl carbamates (subject to hydrolysis) is 1. The molecule has 4 atom stereocenters. The van der Waals surface area contributed by atoms with Gasteiger partial charge in [-0.2, -0.15) is 5.26 Å². The molecule has 0 spiro atoms. The minimum Gasteiger partial charge on any atom is -0.445 e. The summed E-state index contributed by atoms with van der Waals surface area (Å²) in [7, 11) is 0. The Labute approximate surface area is 250 Å². The number of hydrogen-bond acceptors (Lipinski definition) is 7. The van der Waals surface area contributed by atoms with Crippen LogP contribution in [0.4, 0.5) is 4.79 Å². The van der Waals surface area contributed by atoms with Gasteiger partial charge in [-0.25, -0.2) is 4.79 Å². The van der Waals surface area contributed by atoms with E-state index in [4.69, 9.17) is 14.7 Å². The van der Waals surface area contributed by atoms with E-state index in [1.54, 1.807) is 43.3 Å². The Kier molecular flexibility index (Phi) is 10.3. The monoisotopic (exact) mass is 582 g/mol. The van der Waals surface area contributed by atoms with E-state index in [0.29, 0.717) is 11.1 Å². The van der Waals surface area contributed by atoms with Crippen molar-refractivity contribution in [2.45, 2.75) is 57.0 Å². The van der Waals surface area contributed by atoms with Crippen molar-refractivity contribution >= 4 is 23.7 Å². The van der Waals surface area contributed by atoms with Crippen LogP contribution < -0.4 is 16.0 Å². The lowest BCUT2D eigenvalue weighted by atomic mass is 9.94. The van der Waals surface area contributed by atoms with E-state index < -0.39 is 41.6 Å².